The Kier molecular flexibility index (Phi) is 12.6. The van der Waals surface area contributed by atoms with Crippen LogP contribution in [0.2, 0.25) is 0 Å². The molecule has 8 nitrogen and oxygen atoms in total. The summed E-state index contributed by atoms with van der Waals surface area (Å²) >= 11 is 0. The van der Waals surface area contributed by atoms with Crippen molar-refractivity contribution in [1.82, 2.24) is 0 Å². The number of aromatic nitrogens is 1. The Balaban J connectivity index is 1.25. The van der Waals surface area contributed by atoms with Crippen LogP contribution < -0.4 is 18.9 Å². The van der Waals surface area contributed by atoms with Gasteiger partial charge in [-0.05, 0) is 106 Å². The summed E-state index contributed by atoms with van der Waals surface area (Å²) in [5, 5.41) is 0. The molecule has 0 atom stereocenters. The van der Waals surface area contributed by atoms with Crippen molar-refractivity contribution < 1.29 is 33.1 Å². The normalized spacial score (nSPS) is 13.6. The SMILES string of the molecule is C=C(OC(=O)c1ccc(OCC[n+]2ccc(N3CCCC3)cc2)cc1)/C(C)=C(C)\C(=C/C)OC(=O)c1ccc(OCCCC)cc1. The van der Waals surface area contributed by atoms with Gasteiger partial charge < -0.3 is 23.8 Å². The summed E-state index contributed by atoms with van der Waals surface area (Å²) in [6.45, 7) is 15.4. The molecule has 0 amide bonds. The molecule has 0 aliphatic carbocycles. The summed E-state index contributed by atoms with van der Waals surface area (Å²) in [4.78, 5) is 28.1. The van der Waals surface area contributed by atoms with Crippen LogP contribution in [0.4, 0.5) is 5.69 Å². The van der Waals surface area contributed by atoms with E-state index in [0.29, 0.717) is 59.3 Å². The summed E-state index contributed by atoms with van der Waals surface area (Å²) < 4.78 is 24.9. The van der Waals surface area contributed by atoms with Crippen molar-refractivity contribution in [2.24, 2.45) is 0 Å². The molecule has 4 rings (SSSR count). The highest BCUT2D eigenvalue weighted by Crippen LogP contribution is 2.24. The Bertz CT molecular complexity index is 1530. The van der Waals surface area contributed by atoms with Gasteiger partial charge in [0.25, 0.3) is 0 Å². The van der Waals surface area contributed by atoms with E-state index in [1.54, 1.807) is 75.4 Å². The minimum Gasteiger partial charge on any atom is -0.494 e. The molecule has 2 heterocycles. The van der Waals surface area contributed by atoms with Gasteiger partial charge in [-0.25, -0.2) is 14.2 Å². The molecule has 0 saturated carbocycles. The molecule has 1 aliphatic rings. The van der Waals surface area contributed by atoms with Crippen molar-refractivity contribution in [2.75, 3.05) is 31.2 Å². The number of carbonyl (C=O) groups is 2. The molecule has 0 spiro atoms. The molecular formula is C38H45N2O6+. The molecule has 0 radical (unpaired) electrons. The molecule has 1 aromatic heterocycles. The zero-order valence-corrected chi connectivity index (χ0v) is 27.4. The second kappa shape index (κ2) is 17.0. The Morgan fingerprint density at radius 1 is 0.804 bits per heavy atom. The van der Waals surface area contributed by atoms with Gasteiger partial charge in [0.05, 0.1) is 17.7 Å². The number of esters is 2. The maximum Gasteiger partial charge on any atom is 0.343 e. The van der Waals surface area contributed by atoms with E-state index < -0.39 is 11.9 Å². The van der Waals surface area contributed by atoms with E-state index in [1.807, 2.05) is 0 Å². The van der Waals surface area contributed by atoms with Gasteiger partial charge >= 0.3 is 11.9 Å². The highest BCUT2D eigenvalue weighted by molar-refractivity contribution is 5.91. The second-order valence-electron chi connectivity index (χ2n) is 11.2. The smallest absolute Gasteiger partial charge is 0.343 e. The van der Waals surface area contributed by atoms with Gasteiger partial charge in [-0.1, -0.05) is 19.9 Å². The molecule has 8 heteroatoms. The first-order valence-corrected chi connectivity index (χ1v) is 16.0. The van der Waals surface area contributed by atoms with Crippen molar-refractivity contribution in [3.05, 3.63) is 120 Å². The van der Waals surface area contributed by atoms with Crippen molar-refractivity contribution in [3.63, 3.8) is 0 Å². The average Bonchev–Trinajstić information content (AvgIpc) is 3.63. The fraction of sp³-hybridized carbons (Fsp3) is 0.342. The van der Waals surface area contributed by atoms with E-state index in [1.165, 1.54) is 18.5 Å². The third-order valence-corrected chi connectivity index (χ3v) is 7.94. The van der Waals surface area contributed by atoms with Crippen LogP contribution in [0.25, 0.3) is 0 Å². The summed E-state index contributed by atoms with van der Waals surface area (Å²) in [6, 6.07) is 18.0. The first-order chi connectivity index (χ1) is 22.3. The highest BCUT2D eigenvalue weighted by Gasteiger charge is 2.17. The number of rotatable bonds is 15. The molecule has 0 N–H and O–H groups in total. The van der Waals surface area contributed by atoms with Crippen molar-refractivity contribution >= 4 is 17.6 Å². The number of nitrogens with zero attached hydrogens (tertiary/aromatic N) is 2. The van der Waals surface area contributed by atoms with Crippen molar-refractivity contribution in [2.45, 2.75) is 59.9 Å². The third-order valence-electron chi connectivity index (χ3n) is 7.94. The van der Waals surface area contributed by atoms with Gasteiger partial charge in [0.2, 0.25) is 0 Å². The molecule has 2 aromatic carbocycles. The number of carbonyl (C=O) groups excluding carboxylic acids is 2. The van der Waals surface area contributed by atoms with Gasteiger partial charge in [-0.2, -0.15) is 0 Å². The number of hydrogen-bond donors (Lipinski definition) is 0. The molecule has 0 bridgehead atoms. The first-order valence-electron chi connectivity index (χ1n) is 16.0. The topological polar surface area (TPSA) is 78.2 Å². The second-order valence-corrected chi connectivity index (χ2v) is 11.2. The lowest BCUT2D eigenvalue weighted by Gasteiger charge is -2.16. The minimum absolute atomic E-state index is 0.166. The van der Waals surface area contributed by atoms with Crippen LogP contribution in [-0.2, 0) is 16.0 Å². The number of ether oxygens (including phenoxy) is 4. The van der Waals surface area contributed by atoms with Crippen molar-refractivity contribution in [3.8, 4) is 11.5 Å². The van der Waals surface area contributed by atoms with Crippen LogP contribution in [0, 0.1) is 0 Å². The van der Waals surface area contributed by atoms with Gasteiger partial charge in [0.15, 0.2) is 18.9 Å². The summed E-state index contributed by atoms with van der Waals surface area (Å²) in [7, 11) is 0. The number of unbranched alkanes of at least 4 members (excludes halogenated alkanes) is 1. The first kappa shape index (κ1) is 34.0. The lowest BCUT2D eigenvalue weighted by atomic mass is 10.1. The quantitative estimate of drug-likeness (QED) is 0.0566. The number of anilines is 1. The number of hydrogen-bond acceptors (Lipinski definition) is 7. The van der Waals surface area contributed by atoms with Gasteiger partial charge in [0.1, 0.15) is 29.6 Å². The molecule has 1 fully saturated rings. The van der Waals surface area contributed by atoms with Gasteiger partial charge in [-0.15, -0.1) is 0 Å². The zero-order valence-electron chi connectivity index (χ0n) is 27.4. The van der Waals surface area contributed by atoms with E-state index in [0.717, 1.165) is 25.9 Å². The number of pyridine rings is 1. The molecular weight excluding hydrogens is 580 g/mol. The summed E-state index contributed by atoms with van der Waals surface area (Å²) in [5.74, 6) is 0.841. The van der Waals surface area contributed by atoms with E-state index in [-0.39, 0.29) is 5.76 Å². The van der Waals surface area contributed by atoms with E-state index >= 15 is 0 Å². The number of benzene rings is 2. The molecule has 3 aromatic rings. The largest absolute Gasteiger partial charge is 0.494 e. The third kappa shape index (κ3) is 9.57. The van der Waals surface area contributed by atoms with Crippen LogP contribution in [-0.4, -0.2) is 38.2 Å². The summed E-state index contributed by atoms with van der Waals surface area (Å²) in [5.41, 5.74) is 3.23. The zero-order chi connectivity index (χ0) is 32.9. The van der Waals surface area contributed by atoms with Crippen LogP contribution in [0.15, 0.2) is 108 Å². The lowest BCUT2D eigenvalue weighted by Crippen LogP contribution is -2.36. The maximum atomic E-state index is 12.9. The predicted molar refractivity (Wildman–Crippen MR) is 179 cm³/mol. The van der Waals surface area contributed by atoms with E-state index in [4.69, 9.17) is 18.9 Å². The van der Waals surface area contributed by atoms with E-state index in [2.05, 4.69) is 47.5 Å². The summed E-state index contributed by atoms with van der Waals surface area (Å²) in [6.07, 6.45) is 10.4. The Hall–Kier alpha value is -4.85. The Morgan fingerprint density at radius 2 is 1.35 bits per heavy atom. The van der Waals surface area contributed by atoms with Gasteiger partial charge in [-0.3, -0.25) is 0 Å². The maximum absolute atomic E-state index is 12.9. The number of allylic oxidation sites excluding steroid dienone is 3. The van der Waals surface area contributed by atoms with Crippen LogP contribution in [0.1, 0.15) is 74.1 Å². The van der Waals surface area contributed by atoms with Crippen LogP contribution in [0.3, 0.4) is 0 Å². The monoisotopic (exact) mass is 625 g/mol. The fourth-order valence-corrected chi connectivity index (χ4v) is 4.91. The van der Waals surface area contributed by atoms with E-state index in [9.17, 15) is 9.59 Å². The highest BCUT2D eigenvalue weighted by atomic mass is 16.5. The average molecular weight is 626 g/mol. The lowest BCUT2D eigenvalue weighted by molar-refractivity contribution is -0.697. The molecule has 0 unspecified atom stereocenters. The molecule has 242 valence electrons. The molecule has 1 saturated heterocycles. The standard InChI is InChI=1S/C38H45N2O6/c1-6-8-26-43-34-15-13-32(14-16-34)38(42)46-36(7-2)29(4)28(3)30(5)45-37(41)31-11-17-35(18-12-31)44-27-25-39-23-19-33(20-24-39)40-21-9-10-22-40/h7,11-20,23-24H,5-6,8-10,21-22,25-27H2,1-4H3/q+1/b29-28-,36-7+. The minimum atomic E-state index is -0.544. The molecule has 46 heavy (non-hydrogen) atoms. The Labute approximate surface area is 272 Å². The van der Waals surface area contributed by atoms with Crippen LogP contribution in [0.5, 0.6) is 11.5 Å². The molecule has 1 aliphatic heterocycles. The predicted octanol–water partition coefficient (Wildman–Crippen LogP) is 7.60. The fourth-order valence-electron chi connectivity index (χ4n) is 4.91. The Morgan fingerprint density at radius 3 is 1.89 bits per heavy atom. The van der Waals surface area contributed by atoms with Crippen LogP contribution >= 0.6 is 0 Å². The van der Waals surface area contributed by atoms with Gasteiger partial charge in [0, 0.05) is 30.9 Å². The van der Waals surface area contributed by atoms with Crippen molar-refractivity contribution in [1.29, 1.82) is 0 Å².